The van der Waals surface area contributed by atoms with Gasteiger partial charge in [-0.15, -0.1) is 0 Å². The molecule has 74 valence electrons. The summed E-state index contributed by atoms with van der Waals surface area (Å²) >= 11 is 5.21. The van der Waals surface area contributed by atoms with Gasteiger partial charge in [-0.3, -0.25) is 4.29 Å². The molecule has 0 saturated carbocycles. The van der Waals surface area contributed by atoms with Crippen LogP contribution in [0, 0.1) is 0 Å². The predicted octanol–water partition coefficient (Wildman–Crippen LogP) is 4.30. The van der Waals surface area contributed by atoms with E-state index in [1.165, 1.54) is 38.5 Å². The molecule has 0 amide bonds. The van der Waals surface area contributed by atoms with Gasteiger partial charge in [0.25, 0.3) is 0 Å². The van der Waals surface area contributed by atoms with E-state index in [0.29, 0.717) is 0 Å². The summed E-state index contributed by atoms with van der Waals surface area (Å²) in [5, 5.41) is 0. The van der Waals surface area contributed by atoms with E-state index in [1.54, 1.807) is 0 Å². The summed E-state index contributed by atoms with van der Waals surface area (Å²) in [7, 11) is 0. The minimum atomic E-state index is 0.220. The molecular weight excluding hydrogens is 172 g/mol. The summed E-state index contributed by atoms with van der Waals surface area (Å²) in [6.07, 6.45) is 9.33. The zero-order valence-corrected chi connectivity index (χ0v) is 9.07. The quantitative estimate of drug-likeness (QED) is 0.522. The van der Waals surface area contributed by atoms with Crippen LogP contribution in [-0.4, -0.2) is 6.10 Å². The molecule has 0 saturated heterocycles. The third-order valence-corrected chi connectivity index (χ3v) is 2.42. The van der Waals surface area contributed by atoms with Crippen LogP contribution in [0.1, 0.15) is 58.8 Å². The van der Waals surface area contributed by atoms with E-state index in [9.17, 15) is 0 Å². The minimum Gasteiger partial charge on any atom is -0.276 e. The molecule has 0 aliphatic carbocycles. The van der Waals surface area contributed by atoms with Gasteiger partial charge in [0, 0.05) is 0 Å². The summed E-state index contributed by atoms with van der Waals surface area (Å²) < 4.78 is 4.65. The molecule has 0 fully saturated rings. The summed E-state index contributed by atoms with van der Waals surface area (Å²) in [6.45, 7) is 4.25. The lowest BCUT2D eigenvalue weighted by Gasteiger charge is -2.05. The molecule has 0 radical (unpaired) electrons. The van der Waals surface area contributed by atoms with Crippen molar-refractivity contribution in [1.29, 1.82) is 0 Å². The van der Waals surface area contributed by atoms with E-state index >= 15 is 0 Å². The van der Waals surface area contributed by atoms with Gasteiger partial charge in [-0.2, -0.15) is 0 Å². The van der Waals surface area contributed by atoms with Crippen LogP contribution in [0.2, 0.25) is 0 Å². The zero-order chi connectivity index (χ0) is 9.23. The molecule has 2 heteroatoms. The van der Waals surface area contributed by atoms with Crippen molar-refractivity contribution < 1.29 is 4.29 Å². The normalized spacial score (nSPS) is 13.2. The first-order valence-corrected chi connectivity index (χ1v) is 5.39. The predicted molar refractivity (Wildman–Crippen MR) is 54.4 cm³/mol. The van der Waals surface area contributed by atoms with Gasteiger partial charge < -0.3 is 0 Å². The Morgan fingerprint density at radius 1 is 1.08 bits per heavy atom. The fraction of sp³-hybridized carbons (Fsp3) is 1.00. The largest absolute Gasteiger partial charge is 0.276 e. The Morgan fingerprint density at radius 2 is 1.67 bits per heavy atom. The Labute approximate surface area is 81.6 Å². The molecule has 0 aliphatic rings. The molecule has 0 rings (SSSR count). The first-order valence-electron chi connectivity index (χ1n) is 5.08. The van der Waals surface area contributed by atoms with E-state index in [0.717, 1.165) is 6.42 Å². The summed E-state index contributed by atoms with van der Waals surface area (Å²) in [5.74, 6) is 0. The maximum absolute atomic E-state index is 5.21. The van der Waals surface area contributed by atoms with Gasteiger partial charge in [-0.05, 0) is 13.3 Å². The Kier molecular flexibility index (Phi) is 9.53. The van der Waals surface area contributed by atoms with Crippen molar-refractivity contribution in [2.24, 2.45) is 0 Å². The van der Waals surface area contributed by atoms with E-state index in [1.807, 2.05) is 6.92 Å². The van der Waals surface area contributed by atoms with Gasteiger partial charge in [0.2, 0.25) is 0 Å². The molecule has 0 aromatic carbocycles. The first-order chi connectivity index (χ1) is 5.81. The Balaban J connectivity index is 2.90. The fourth-order valence-corrected chi connectivity index (χ4v) is 1.35. The van der Waals surface area contributed by atoms with Crippen LogP contribution in [0.25, 0.3) is 0 Å². The van der Waals surface area contributed by atoms with Crippen LogP contribution in [0.5, 0.6) is 0 Å². The van der Waals surface area contributed by atoms with Crippen LogP contribution >= 0.6 is 11.9 Å². The van der Waals surface area contributed by atoms with Crippen molar-refractivity contribution in [3.63, 3.8) is 0 Å². The van der Waals surface area contributed by atoms with Crippen molar-refractivity contribution in [2.45, 2.75) is 64.9 Å². The molecule has 0 heterocycles. The maximum Gasteiger partial charge on any atom is 0.0762 e. The average Bonchev–Trinajstić information content (AvgIpc) is 2.10. The maximum atomic E-state index is 5.21. The van der Waals surface area contributed by atoms with E-state index in [-0.39, 0.29) is 6.10 Å². The van der Waals surface area contributed by atoms with Gasteiger partial charge >= 0.3 is 0 Å². The van der Waals surface area contributed by atoms with Gasteiger partial charge in [0.15, 0.2) is 0 Å². The molecular formula is C10H21ClO. The van der Waals surface area contributed by atoms with Gasteiger partial charge in [-0.1, -0.05) is 45.4 Å². The number of rotatable bonds is 8. The van der Waals surface area contributed by atoms with Crippen molar-refractivity contribution >= 4 is 11.9 Å². The molecule has 0 aromatic heterocycles. The van der Waals surface area contributed by atoms with E-state index in [2.05, 4.69) is 11.2 Å². The second-order valence-corrected chi connectivity index (χ2v) is 3.63. The van der Waals surface area contributed by atoms with Crippen molar-refractivity contribution in [3.8, 4) is 0 Å². The second kappa shape index (κ2) is 9.34. The topological polar surface area (TPSA) is 9.23 Å². The van der Waals surface area contributed by atoms with Crippen molar-refractivity contribution in [1.82, 2.24) is 0 Å². The monoisotopic (exact) mass is 192 g/mol. The number of halogens is 1. The van der Waals surface area contributed by atoms with Crippen LogP contribution in [-0.2, 0) is 4.29 Å². The highest BCUT2D eigenvalue weighted by atomic mass is 35.5. The molecule has 0 bridgehead atoms. The minimum absolute atomic E-state index is 0.220. The second-order valence-electron chi connectivity index (χ2n) is 3.46. The summed E-state index contributed by atoms with van der Waals surface area (Å²) in [6, 6.07) is 0. The first kappa shape index (κ1) is 12.2. The zero-order valence-electron chi connectivity index (χ0n) is 8.31. The van der Waals surface area contributed by atoms with Crippen molar-refractivity contribution in [2.75, 3.05) is 0 Å². The lowest BCUT2D eigenvalue weighted by Crippen LogP contribution is -2.00. The molecule has 0 aromatic rings. The lowest BCUT2D eigenvalue weighted by molar-refractivity contribution is 0.228. The summed E-state index contributed by atoms with van der Waals surface area (Å²) in [4.78, 5) is 0. The molecule has 1 atom stereocenters. The smallest absolute Gasteiger partial charge is 0.0762 e. The molecule has 1 unspecified atom stereocenters. The summed E-state index contributed by atoms with van der Waals surface area (Å²) in [5.41, 5.74) is 0. The fourth-order valence-electron chi connectivity index (χ4n) is 1.26. The Bertz CT molecular complexity index is 85.9. The number of hydrogen-bond acceptors (Lipinski definition) is 1. The Morgan fingerprint density at radius 3 is 2.25 bits per heavy atom. The molecule has 0 spiro atoms. The van der Waals surface area contributed by atoms with Crippen LogP contribution in [0.15, 0.2) is 0 Å². The third kappa shape index (κ3) is 8.35. The van der Waals surface area contributed by atoms with Gasteiger partial charge in [0.05, 0.1) is 18.0 Å². The highest BCUT2D eigenvalue weighted by molar-refractivity contribution is 6.07. The van der Waals surface area contributed by atoms with E-state index in [4.69, 9.17) is 11.9 Å². The SMILES string of the molecule is CCCCCCCCC(C)OCl. The third-order valence-electron chi connectivity index (χ3n) is 2.12. The van der Waals surface area contributed by atoms with Gasteiger partial charge in [0.1, 0.15) is 0 Å². The van der Waals surface area contributed by atoms with E-state index < -0.39 is 0 Å². The van der Waals surface area contributed by atoms with Crippen LogP contribution in [0.3, 0.4) is 0 Å². The van der Waals surface area contributed by atoms with Crippen molar-refractivity contribution in [3.05, 3.63) is 0 Å². The number of hydrogen-bond donors (Lipinski definition) is 0. The van der Waals surface area contributed by atoms with Crippen LogP contribution in [0.4, 0.5) is 0 Å². The Hall–Kier alpha value is 0.250. The average molecular weight is 193 g/mol. The highest BCUT2D eigenvalue weighted by Gasteiger charge is 1.99. The lowest BCUT2D eigenvalue weighted by atomic mass is 10.1. The molecule has 0 N–H and O–H groups in total. The standard InChI is InChI=1S/C10H21ClO/c1-3-4-5-6-7-8-9-10(2)12-11/h10H,3-9H2,1-2H3. The number of unbranched alkanes of at least 4 members (excludes halogenated alkanes) is 5. The van der Waals surface area contributed by atoms with Crippen LogP contribution < -0.4 is 0 Å². The van der Waals surface area contributed by atoms with Gasteiger partial charge in [-0.25, -0.2) is 0 Å². The molecule has 12 heavy (non-hydrogen) atoms. The molecule has 0 aliphatic heterocycles. The molecule has 1 nitrogen and oxygen atoms in total. The highest BCUT2D eigenvalue weighted by Crippen LogP contribution is 2.10.